The van der Waals surface area contributed by atoms with Crippen molar-refractivity contribution in [2.24, 2.45) is 0 Å². The highest BCUT2D eigenvalue weighted by Gasteiger charge is 2.34. The van der Waals surface area contributed by atoms with Crippen LogP contribution in [0.3, 0.4) is 0 Å². The third-order valence-electron chi connectivity index (χ3n) is 5.32. The van der Waals surface area contributed by atoms with Crippen LogP contribution < -0.4 is 14.8 Å². The number of hydrogen-bond acceptors (Lipinski definition) is 3. The van der Waals surface area contributed by atoms with Crippen molar-refractivity contribution in [2.45, 2.75) is 19.1 Å². The van der Waals surface area contributed by atoms with Crippen LogP contribution >= 0.6 is 0 Å². The molecule has 4 rings (SSSR count). The summed E-state index contributed by atoms with van der Waals surface area (Å²) in [5.41, 5.74) is 3.07. The molecule has 1 aromatic heterocycles. The summed E-state index contributed by atoms with van der Waals surface area (Å²) >= 11 is 0. The van der Waals surface area contributed by atoms with E-state index < -0.39 is 0 Å². The molecule has 2 amide bonds. The second-order valence-corrected chi connectivity index (χ2v) is 6.97. The van der Waals surface area contributed by atoms with Gasteiger partial charge in [0.15, 0.2) is 0 Å². The fourth-order valence-corrected chi connectivity index (χ4v) is 3.85. The number of carbonyl (C=O) groups excluding carboxylic acids is 1. The van der Waals surface area contributed by atoms with Crippen LogP contribution in [0.25, 0.3) is 0 Å². The average Bonchev–Trinajstić information content (AvgIpc) is 3.26. The molecule has 0 bridgehead atoms. The summed E-state index contributed by atoms with van der Waals surface area (Å²) in [6.45, 7) is 1.86. The van der Waals surface area contributed by atoms with E-state index in [0.717, 1.165) is 29.1 Å². The Kier molecular flexibility index (Phi) is 5.42. The van der Waals surface area contributed by atoms with E-state index in [1.165, 1.54) is 0 Å². The van der Waals surface area contributed by atoms with Gasteiger partial charge in [0.2, 0.25) is 0 Å². The lowest BCUT2D eigenvalue weighted by atomic mass is 9.99. The topological polar surface area (TPSA) is 55.7 Å². The normalized spacial score (nSPS) is 15.5. The monoisotopic (exact) mass is 391 g/mol. The standard InChI is InChI=1S/C23H25N3O3/c1-28-18-10-11-19(21(15-18)29-2)22-20-9-6-12-25(20)13-14-26(22)23(27)24-16-17-7-4-3-5-8-17/h3-12,15,22H,13-14,16H2,1-2H3,(H,24,27)/t22-/m1/s1. The molecule has 1 N–H and O–H groups in total. The molecule has 29 heavy (non-hydrogen) atoms. The predicted octanol–water partition coefficient (Wildman–Crippen LogP) is 3.82. The number of aromatic nitrogens is 1. The number of amides is 2. The van der Waals surface area contributed by atoms with Crippen molar-refractivity contribution in [1.29, 1.82) is 0 Å². The minimum Gasteiger partial charge on any atom is -0.497 e. The van der Waals surface area contributed by atoms with E-state index in [1.807, 2.05) is 59.5 Å². The number of ether oxygens (including phenoxy) is 2. The van der Waals surface area contributed by atoms with Crippen LogP contribution in [-0.4, -0.2) is 36.3 Å². The summed E-state index contributed by atoms with van der Waals surface area (Å²) in [6, 6.07) is 19.4. The molecule has 1 atom stereocenters. The largest absolute Gasteiger partial charge is 0.497 e. The Bertz CT molecular complexity index is 984. The molecule has 0 saturated carbocycles. The van der Waals surface area contributed by atoms with Gasteiger partial charge < -0.3 is 24.3 Å². The van der Waals surface area contributed by atoms with E-state index in [-0.39, 0.29) is 12.1 Å². The molecule has 0 fully saturated rings. The second kappa shape index (κ2) is 8.31. The van der Waals surface area contributed by atoms with Crippen molar-refractivity contribution >= 4 is 6.03 Å². The number of methoxy groups -OCH3 is 2. The number of nitrogens with zero attached hydrogens (tertiary/aromatic N) is 2. The third kappa shape index (κ3) is 3.78. The van der Waals surface area contributed by atoms with Crippen LogP contribution in [-0.2, 0) is 13.1 Å². The first-order valence-corrected chi connectivity index (χ1v) is 9.66. The Hall–Kier alpha value is -3.41. The first kappa shape index (κ1) is 18.9. The number of nitrogens with one attached hydrogen (secondary N) is 1. The maximum absolute atomic E-state index is 13.1. The van der Waals surface area contributed by atoms with Gasteiger partial charge in [-0.1, -0.05) is 30.3 Å². The zero-order chi connectivity index (χ0) is 20.2. The molecule has 6 nitrogen and oxygen atoms in total. The summed E-state index contributed by atoms with van der Waals surface area (Å²) in [7, 11) is 3.27. The number of fused-ring (bicyclic) bond motifs is 1. The smallest absolute Gasteiger partial charge is 0.318 e. The summed E-state index contributed by atoms with van der Waals surface area (Å²) in [6.07, 6.45) is 2.05. The minimum absolute atomic E-state index is 0.0934. The molecule has 1 aliphatic heterocycles. The number of carbonyl (C=O) groups is 1. The van der Waals surface area contributed by atoms with Crippen molar-refractivity contribution in [2.75, 3.05) is 20.8 Å². The average molecular weight is 391 g/mol. The molecular formula is C23H25N3O3. The molecule has 0 saturated heterocycles. The van der Waals surface area contributed by atoms with Crippen LogP contribution in [0.4, 0.5) is 4.79 Å². The second-order valence-electron chi connectivity index (χ2n) is 6.97. The lowest BCUT2D eigenvalue weighted by molar-refractivity contribution is 0.167. The summed E-state index contributed by atoms with van der Waals surface area (Å²) < 4.78 is 13.2. The SMILES string of the molecule is COc1ccc([C@@H]2c3cccn3CCN2C(=O)NCc2ccccc2)c(OC)c1. The van der Waals surface area contributed by atoms with Gasteiger partial charge in [0.05, 0.1) is 14.2 Å². The van der Waals surface area contributed by atoms with Crippen molar-refractivity contribution in [3.05, 3.63) is 83.7 Å². The van der Waals surface area contributed by atoms with Gasteiger partial charge >= 0.3 is 6.03 Å². The van der Waals surface area contributed by atoms with Gasteiger partial charge in [-0.15, -0.1) is 0 Å². The number of benzene rings is 2. The van der Waals surface area contributed by atoms with Gasteiger partial charge in [0, 0.05) is 43.2 Å². The van der Waals surface area contributed by atoms with Crippen molar-refractivity contribution < 1.29 is 14.3 Å². The first-order valence-electron chi connectivity index (χ1n) is 9.66. The van der Waals surface area contributed by atoms with E-state index in [2.05, 4.69) is 22.1 Å². The van der Waals surface area contributed by atoms with Crippen molar-refractivity contribution in [3.63, 3.8) is 0 Å². The van der Waals surface area contributed by atoms with Crippen molar-refractivity contribution in [3.8, 4) is 11.5 Å². The van der Waals surface area contributed by atoms with Crippen LogP contribution in [0.15, 0.2) is 66.9 Å². The Labute approximate surface area is 170 Å². The predicted molar refractivity (Wildman–Crippen MR) is 111 cm³/mol. The Morgan fingerprint density at radius 3 is 2.62 bits per heavy atom. The van der Waals surface area contributed by atoms with Crippen LogP contribution in [0, 0.1) is 0 Å². The van der Waals surface area contributed by atoms with Gasteiger partial charge in [-0.05, 0) is 29.8 Å². The Morgan fingerprint density at radius 1 is 1.03 bits per heavy atom. The zero-order valence-electron chi connectivity index (χ0n) is 16.7. The molecule has 3 aromatic rings. The van der Waals surface area contributed by atoms with Gasteiger partial charge in [0.1, 0.15) is 17.5 Å². The Morgan fingerprint density at radius 2 is 1.86 bits per heavy atom. The van der Waals surface area contributed by atoms with Gasteiger partial charge in [-0.3, -0.25) is 0 Å². The number of rotatable bonds is 5. The van der Waals surface area contributed by atoms with E-state index in [1.54, 1.807) is 14.2 Å². The lowest BCUT2D eigenvalue weighted by Crippen LogP contribution is -2.47. The molecule has 0 spiro atoms. The maximum Gasteiger partial charge on any atom is 0.318 e. The third-order valence-corrected chi connectivity index (χ3v) is 5.32. The molecule has 6 heteroatoms. The minimum atomic E-state index is -0.240. The van der Waals surface area contributed by atoms with Crippen LogP contribution in [0.1, 0.15) is 22.9 Å². The van der Waals surface area contributed by atoms with E-state index in [4.69, 9.17) is 9.47 Å². The fraction of sp³-hybridized carbons (Fsp3) is 0.261. The maximum atomic E-state index is 13.1. The van der Waals surface area contributed by atoms with Gasteiger partial charge in [-0.25, -0.2) is 4.79 Å². The van der Waals surface area contributed by atoms with Crippen LogP contribution in [0.2, 0.25) is 0 Å². The summed E-state index contributed by atoms with van der Waals surface area (Å²) in [5, 5.41) is 3.06. The highest BCUT2D eigenvalue weighted by molar-refractivity contribution is 5.75. The molecule has 150 valence electrons. The van der Waals surface area contributed by atoms with Crippen molar-refractivity contribution in [1.82, 2.24) is 14.8 Å². The van der Waals surface area contributed by atoms with Crippen LogP contribution in [0.5, 0.6) is 11.5 Å². The lowest BCUT2D eigenvalue weighted by Gasteiger charge is -2.37. The number of hydrogen-bond donors (Lipinski definition) is 1. The summed E-state index contributed by atoms with van der Waals surface area (Å²) in [5.74, 6) is 1.42. The fourth-order valence-electron chi connectivity index (χ4n) is 3.85. The van der Waals surface area contributed by atoms with E-state index in [0.29, 0.717) is 18.8 Å². The molecule has 1 aliphatic rings. The van der Waals surface area contributed by atoms with E-state index in [9.17, 15) is 4.79 Å². The first-order chi connectivity index (χ1) is 14.2. The highest BCUT2D eigenvalue weighted by Crippen LogP contribution is 2.38. The number of urea groups is 1. The highest BCUT2D eigenvalue weighted by atomic mass is 16.5. The molecule has 0 radical (unpaired) electrons. The molecule has 2 heterocycles. The Balaban J connectivity index is 1.65. The zero-order valence-corrected chi connectivity index (χ0v) is 16.7. The quantitative estimate of drug-likeness (QED) is 0.719. The summed E-state index contributed by atoms with van der Waals surface area (Å²) in [4.78, 5) is 15.0. The van der Waals surface area contributed by atoms with Gasteiger partial charge in [-0.2, -0.15) is 0 Å². The molecule has 2 aromatic carbocycles. The molecule has 0 unspecified atom stereocenters. The molecule has 0 aliphatic carbocycles. The molecular weight excluding hydrogens is 366 g/mol. The van der Waals surface area contributed by atoms with E-state index >= 15 is 0 Å². The van der Waals surface area contributed by atoms with Gasteiger partial charge in [0.25, 0.3) is 0 Å².